The lowest BCUT2D eigenvalue weighted by atomic mass is 9.92. The van der Waals surface area contributed by atoms with Crippen LogP contribution in [0, 0.1) is 11.3 Å². The summed E-state index contributed by atoms with van der Waals surface area (Å²) in [6, 6.07) is 17.8. The number of hydrogen-bond acceptors (Lipinski definition) is 5. The van der Waals surface area contributed by atoms with Crippen LogP contribution in [0.15, 0.2) is 54.6 Å². The molecule has 0 unspecified atom stereocenters. The summed E-state index contributed by atoms with van der Waals surface area (Å²) < 4.78 is 10.6. The summed E-state index contributed by atoms with van der Waals surface area (Å²) in [5.41, 5.74) is 1.77. The van der Waals surface area contributed by atoms with E-state index in [1.54, 1.807) is 7.11 Å². The normalized spacial score (nSPS) is 12.2. The molecule has 2 amide bonds. The van der Waals surface area contributed by atoms with E-state index < -0.39 is 18.0 Å². The molecule has 0 radical (unpaired) electrons. The summed E-state index contributed by atoms with van der Waals surface area (Å²) in [5, 5.41) is 13.8. The van der Waals surface area contributed by atoms with Gasteiger partial charge >= 0.3 is 6.09 Å². The van der Waals surface area contributed by atoms with E-state index in [1.807, 2.05) is 67.6 Å². The first kappa shape index (κ1) is 21.8. The van der Waals surface area contributed by atoms with Gasteiger partial charge in [-0.1, -0.05) is 55.5 Å². The molecule has 2 N–H and O–H groups in total. The zero-order valence-electron chi connectivity index (χ0n) is 16.6. The number of nitriles is 1. The first-order valence-electron chi connectivity index (χ1n) is 9.30. The molecule has 152 valence electrons. The highest BCUT2D eigenvalue weighted by Gasteiger charge is 2.25. The van der Waals surface area contributed by atoms with Gasteiger partial charge in [-0.2, -0.15) is 5.26 Å². The van der Waals surface area contributed by atoms with Crippen LogP contribution >= 0.6 is 0 Å². The average Bonchev–Trinajstić information content (AvgIpc) is 2.76. The Morgan fingerprint density at radius 1 is 1.10 bits per heavy atom. The summed E-state index contributed by atoms with van der Waals surface area (Å²) in [4.78, 5) is 24.7. The number of amides is 2. The molecule has 0 saturated heterocycles. The fraction of sp³-hybridized carbons (Fsp3) is 0.318. The Morgan fingerprint density at radius 2 is 1.79 bits per heavy atom. The summed E-state index contributed by atoms with van der Waals surface area (Å²) in [6.45, 7) is 1.90. The number of benzene rings is 2. The van der Waals surface area contributed by atoms with E-state index in [-0.39, 0.29) is 19.1 Å². The van der Waals surface area contributed by atoms with Gasteiger partial charge in [-0.05, 0) is 29.5 Å². The lowest BCUT2D eigenvalue weighted by Gasteiger charge is -2.22. The fourth-order valence-corrected chi connectivity index (χ4v) is 2.94. The van der Waals surface area contributed by atoms with Crippen LogP contribution in [0.3, 0.4) is 0 Å². The predicted octanol–water partition coefficient (Wildman–Crippen LogP) is 3.12. The molecule has 0 fully saturated rings. The lowest BCUT2D eigenvalue weighted by molar-refractivity contribution is -0.123. The maximum Gasteiger partial charge on any atom is 0.408 e. The van der Waals surface area contributed by atoms with Gasteiger partial charge < -0.3 is 20.1 Å². The SMILES string of the molecule is COc1ccccc1[C@H](C)C[C@H](NC(=O)OCc1ccccc1)C(=O)NCC#N. The Bertz CT molecular complexity index is 849. The highest BCUT2D eigenvalue weighted by atomic mass is 16.5. The summed E-state index contributed by atoms with van der Waals surface area (Å²) >= 11 is 0. The minimum Gasteiger partial charge on any atom is -0.496 e. The Balaban J connectivity index is 2.04. The highest BCUT2D eigenvalue weighted by molar-refractivity contribution is 5.85. The van der Waals surface area contributed by atoms with E-state index >= 15 is 0 Å². The number of methoxy groups -OCH3 is 1. The first-order chi connectivity index (χ1) is 14.0. The molecule has 0 aliphatic heterocycles. The molecule has 0 aliphatic carbocycles. The van der Waals surface area contributed by atoms with Crippen molar-refractivity contribution in [3.63, 3.8) is 0 Å². The minimum absolute atomic E-state index is 0.0848. The number of nitrogens with one attached hydrogen (secondary N) is 2. The largest absolute Gasteiger partial charge is 0.496 e. The molecule has 0 saturated carbocycles. The summed E-state index contributed by atoms with van der Waals surface area (Å²) in [6.07, 6.45) is -0.379. The molecule has 2 aromatic carbocycles. The molecule has 29 heavy (non-hydrogen) atoms. The van der Waals surface area contributed by atoms with Crippen molar-refractivity contribution in [3.05, 3.63) is 65.7 Å². The van der Waals surface area contributed by atoms with Crippen LogP contribution in [-0.2, 0) is 16.1 Å². The third kappa shape index (κ3) is 6.85. The van der Waals surface area contributed by atoms with Crippen LogP contribution in [0.25, 0.3) is 0 Å². The number of rotatable bonds is 9. The van der Waals surface area contributed by atoms with Crippen molar-refractivity contribution < 1.29 is 19.1 Å². The number of carbonyl (C=O) groups is 2. The Morgan fingerprint density at radius 3 is 2.48 bits per heavy atom. The topological polar surface area (TPSA) is 100 Å². The monoisotopic (exact) mass is 395 g/mol. The fourth-order valence-electron chi connectivity index (χ4n) is 2.94. The van der Waals surface area contributed by atoms with E-state index in [1.165, 1.54) is 0 Å². The van der Waals surface area contributed by atoms with Crippen molar-refractivity contribution in [3.8, 4) is 11.8 Å². The van der Waals surface area contributed by atoms with Gasteiger partial charge in [-0.3, -0.25) is 4.79 Å². The van der Waals surface area contributed by atoms with Crippen molar-refractivity contribution in [1.29, 1.82) is 5.26 Å². The molecular formula is C22H25N3O4. The molecule has 2 aromatic rings. The van der Waals surface area contributed by atoms with E-state index in [0.29, 0.717) is 12.2 Å². The molecule has 0 aliphatic rings. The van der Waals surface area contributed by atoms with Gasteiger partial charge in [0.15, 0.2) is 0 Å². The standard InChI is InChI=1S/C22H25N3O4/c1-16(18-10-6-7-11-20(18)28-2)14-19(21(26)24-13-12-23)25-22(27)29-15-17-8-4-3-5-9-17/h3-11,16,19H,13-15H2,1-2H3,(H,24,26)(H,25,27)/t16-,19+/m1/s1. The van der Waals surface area contributed by atoms with Crippen LogP contribution in [0.4, 0.5) is 4.79 Å². The maximum atomic E-state index is 12.5. The maximum absolute atomic E-state index is 12.5. The molecule has 2 atom stereocenters. The predicted molar refractivity (Wildman–Crippen MR) is 108 cm³/mol. The number of alkyl carbamates (subject to hydrolysis) is 1. The number of para-hydroxylation sites is 1. The van der Waals surface area contributed by atoms with Crippen LogP contribution in [0.1, 0.15) is 30.4 Å². The van der Waals surface area contributed by atoms with E-state index in [2.05, 4.69) is 10.6 Å². The second-order valence-corrected chi connectivity index (χ2v) is 6.51. The summed E-state index contributed by atoms with van der Waals surface area (Å²) in [5.74, 6) is 0.186. The van der Waals surface area contributed by atoms with Crippen LogP contribution < -0.4 is 15.4 Å². The molecule has 0 bridgehead atoms. The van der Waals surface area contributed by atoms with Crippen LogP contribution in [-0.4, -0.2) is 31.7 Å². The highest BCUT2D eigenvalue weighted by Crippen LogP contribution is 2.29. The molecule has 0 heterocycles. The second kappa shape index (κ2) is 11.3. The van der Waals surface area contributed by atoms with Crippen molar-refractivity contribution >= 4 is 12.0 Å². The van der Waals surface area contributed by atoms with E-state index in [0.717, 1.165) is 11.1 Å². The minimum atomic E-state index is -0.855. The van der Waals surface area contributed by atoms with Gasteiger partial charge in [-0.25, -0.2) is 4.79 Å². The van der Waals surface area contributed by atoms with Crippen LogP contribution in [0.2, 0.25) is 0 Å². The zero-order valence-corrected chi connectivity index (χ0v) is 16.6. The molecular weight excluding hydrogens is 370 g/mol. The Labute approximate surface area is 170 Å². The van der Waals surface area contributed by atoms with E-state index in [9.17, 15) is 9.59 Å². The van der Waals surface area contributed by atoms with Crippen molar-refractivity contribution in [2.24, 2.45) is 0 Å². The zero-order chi connectivity index (χ0) is 21.1. The molecule has 2 rings (SSSR count). The summed E-state index contributed by atoms with van der Waals surface area (Å²) in [7, 11) is 1.59. The first-order valence-corrected chi connectivity index (χ1v) is 9.30. The van der Waals surface area contributed by atoms with Gasteiger partial charge in [-0.15, -0.1) is 0 Å². The van der Waals surface area contributed by atoms with Crippen molar-refractivity contribution in [1.82, 2.24) is 10.6 Å². The molecule has 7 nitrogen and oxygen atoms in total. The van der Waals surface area contributed by atoms with Crippen molar-refractivity contribution in [2.45, 2.75) is 31.9 Å². The molecule has 0 aromatic heterocycles. The number of ether oxygens (including phenoxy) is 2. The quantitative estimate of drug-likeness (QED) is 0.636. The Hall–Kier alpha value is -3.53. The van der Waals surface area contributed by atoms with Gasteiger partial charge in [0, 0.05) is 0 Å². The van der Waals surface area contributed by atoms with Gasteiger partial charge in [0.05, 0.1) is 13.2 Å². The third-order valence-electron chi connectivity index (χ3n) is 4.42. The molecule has 7 heteroatoms. The van der Waals surface area contributed by atoms with Crippen molar-refractivity contribution in [2.75, 3.05) is 13.7 Å². The number of hydrogen-bond donors (Lipinski definition) is 2. The Kier molecular flexibility index (Phi) is 8.51. The van der Waals surface area contributed by atoms with Crippen LogP contribution in [0.5, 0.6) is 5.75 Å². The average molecular weight is 395 g/mol. The number of carbonyl (C=O) groups excluding carboxylic acids is 2. The number of nitrogens with zero attached hydrogens (tertiary/aromatic N) is 1. The van der Waals surface area contributed by atoms with Gasteiger partial charge in [0.2, 0.25) is 5.91 Å². The van der Waals surface area contributed by atoms with E-state index in [4.69, 9.17) is 14.7 Å². The van der Waals surface area contributed by atoms with Gasteiger partial charge in [0.1, 0.15) is 24.9 Å². The third-order valence-corrected chi connectivity index (χ3v) is 4.42. The smallest absolute Gasteiger partial charge is 0.408 e. The van der Waals surface area contributed by atoms with Gasteiger partial charge in [0.25, 0.3) is 0 Å². The lowest BCUT2D eigenvalue weighted by Crippen LogP contribution is -2.47. The molecule has 0 spiro atoms. The second-order valence-electron chi connectivity index (χ2n) is 6.51.